The summed E-state index contributed by atoms with van der Waals surface area (Å²) in [5.41, 5.74) is 1.99. The summed E-state index contributed by atoms with van der Waals surface area (Å²) in [6, 6.07) is 4.81. The van der Waals surface area contributed by atoms with Gasteiger partial charge in [0.2, 0.25) is 0 Å². The first-order valence-electron chi connectivity index (χ1n) is 5.54. The predicted molar refractivity (Wildman–Crippen MR) is 69.3 cm³/mol. The molecule has 0 bridgehead atoms. The van der Waals surface area contributed by atoms with Crippen LogP contribution in [0.5, 0.6) is 0 Å². The van der Waals surface area contributed by atoms with E-state index in [0.717, 1.165) is 23.5 Å². The van der Waals surface area contributed by atoms with Crippen molar-refractivity contribution in [1.82, 2.24) is 9.97 Å². The van der Waals surface area contributed by atoms with E-state index in [1.165, 1.54) is 12.1 Å². The zero-order chi connectivity index (χ0) is 14.2. The average Bonchev–Trinajstić information content (AvgIpc) is 2.33. The van der Waals surface area contributed by atoms with E-state index in [9.17, 15) is 13.2 Å². The number of benzene rings is 1. The van der Waals surface area contributed by atoms with Crippen molar-refractivity contribution in [1.29, 1.82) is 0 Å². The number of aryl methyl sites for hydroxylation is 2. The van der Waals surface area contributed by atoms with Gasteiger partial charge in [-0.15, -0.1) is 0 Å². The first-order chi connectivity index (χ1) is 8.79. The molecule has 0 fully saturated rings. The van der Waals surface area contributed by atoms with Gasteiger partial charge in [0.25, 0.3) is 0 Å². The fraction of sp³-hybridized carbons (Fsp3) is 0.231. The van der Waals surface area contributed by atoms with Crippen molar-refractivity contribution in [3.8, 4) is 11.3 Å². The Bertz CT molecular complexity index is 657. The van der Waals surface area contributed by atoms with Crippen LogP contribution in [0.15, 0.2) is 24.3 Å². The Morgan fingerprint density at radius 3 is 2.21 bits per heavy atom. The van der Waals surface area contributed by atoms with Crippen molar-refractivity contribution in [2.75, 3.05) is 0 Å². The van der Waals surface area contributed by atoms with Crippen LogP contribution in [0.2, 0.25) is 0 Å². The SMILES string of the molecule is Cc1nc(-c2ccc(C(F)(F)F)cc2)c(=S)[nH]c1C. The van der Waals surface area contributed by atoms with Gasteiger partial charge in [0.05, 0.1) is 11.3 Å². The first-order valence-corrected chi connectivity index (χ1v) is 5.95. The van der Waals surface area contributed by atoms with Crippen molar-refractivity contribution in [2.24, 2.45) is 0 Å². The van der Waals surface area contributed by atoms with E-state index in [4.69, 9.17) is 12.2 Å². The second kappa shape index (κ2) is 4.77. The van der Waals surface area contributed by atoms with E-state index >= 15 is 0 Å². The standard InChI is InChI=1S/C13H11F3N2S/c1-7-8(2)18-12(19)11(17-7)9-3-5-10(6-4-9)13(14,15)16/h3-6H,1-2H3,(H,18,19). The lowest BCUT2D eigenvalue weighted by molar-refractivity contribution is -0.137. The van der Waals surface area contributed by atoms with Crippen molar-refractivity contribution in [2.45, 2.75) is 20.0 Å². The smallest absolute Gasteiger partial charge is 0.347 e. The number of aromatic nitrogens is 2. The van der Waals surface area contributed by atoms with Gasteiger partial charge in [-0.25, -0.2) is 4.98 Å². The zero-order valence-corrected chi connectivity index (χ0v) is 11.1. The third kappa shape index (κ3) is 2.84. The molecule has 0 amide bonds. The lowest BCUT2D eigenvalue weighted by Crippen LogP contribution is -2.04. The maximum absolute atomic E-state index is 12.5. The highest BCUT2D eigenvalue weighted by molar-refractivity contribution is 7.71. The molecule has 0 radical (unpaired) electrons. The summed E-state index contributed by atoms with van der Waals surface area (Å²) in [5, 5.41) is 0. The highest BCUT2D eigenvalue weighted by Crippen LogP contribution is 2.30. The molecule has 0 saturated heterocycles. The summed E-state index contributed by atoms with van der Waals surface area (Å²) < 4.78 is 37.8. The van der Waals surface area contributed by atoms with Crippen molar-refractivity contribution in [3.63, 3.8) is 0 Å². The maximum Gasteiger partial charge on any atom is 0.416 e. The predicted octanol–water partition coefficient (Wildman–Crippen LogP) is 4.44. The van der Waals surface area contributed by atoms with E-state index in [1.807, 2.05) is 13.8 Å². The van der Waals surface area contributed by atoms with E-state index in [-0.39, 0.29) is 0 Å². The highest BCUT2D eigenvalue weighted by atomic mass is 32.1. The van der Waals surface area contributed by atoms with Gasteiger partial charge in [-0.3, -0.25) is 0 Å². The molecule has 100 valence electrons. The minimum absolute atomic E-state index is 0.419. The minimum Gasteiger partial charge on any atom is -0.347 e. The molecule has 0 saturated carbocycles. The number of nitrogens with zero attached hydrogens (tertiary/aromatic N) is 1. The van der Waals surface area contributed by atoms with Gasteiger partial charge in [0, 0.05) is 11.3 Å². The number of hydrogen-bond donors (Lipinski definition) is 1. The molecule has 1 aromatic heterocycles. The topological polar surface area (TPSA) is 28.7 Å². The second-order valence-corrected chi connectivity index (χ2v) is 4.61. The molecule has 0 spiro atoms. The third-order valence-corrected chi connectivity index (χ3v) is 3.12. The molecule has 0 unspecified atom stereocenters. The van der Waals surface area contributed by atoms with E-state index in [1.54, 1.807) is 0 Å². The monoisotopic (exact) mass is 284 g/mol. The molecule has 1 aromatic carbocycles. The fourth-order valence-corrected chi connectivity index (χ4v) is 1.95. The van der Waals surface area contributed by atoms with Crippen molar-refractivity contribution >= 4 is 12.2 Å². The number of nitrogens with one attached hydrogen (secondary N) is 1. The molecule has 0 aliphatic rings. The summed E-state index contributed by atoms with van der Waals surface area (Å²) in [6.07, 6.45) is -4.34. The Balaban J connectivity index is 2.49. The Morgan fingerprint density at radius 2 is 1.68 bits per heavy atom. The van der Waals surface area contributed by atoms with E-state index in [0.29, 0.717) is 15.9 Å². The van der Waals surface area contributed by atoms with Crippen LogP contribution >= 0.6 is 12.2 Å². The number of halogens is 3. The van der Waals surface area contributed by atoms with E-state index < -0.39 is 11.7 Å². The summed E-state index contributed by atoms with van der Waals surface area (Å²) in [6.45, 7) is 3.66. The van der Waals surface area contributed by atoms with Crippen LogP contribution in [-0.4, -0.2) is 9.97 Å². The number of rotatable bonds is 1. The Kier molecular flexibility index (Phi) is 3.45. The minimum atomic E-state index is -4.34. The molecular formula is C13H11F3N2S. The third-order valence-electron chi connectivity index (χ3n) is 2.82. The van der Waals surface area contributed by atoms with Crippen LogP contribution in [0.3, 0.4) is 0 Å². The normalized spacial score (nSPS) is 11.6. The molecule has 0 aliphatic carbocycles. The Hall–Kier alpha value is -1.69. The first kappa shape index (κ1) is 13.7. The Labute approximate surface area is 113 Å². The molecule has 2 nitrogen and oxygen atoms in total. The molecule has 1 heterocycles. The molecule has 2 aromatic rings. The van der Waals surface area contributed by atoms with Gasteiger partial charge >= 0.3 is 6.18 Å². The van der Waals surface area contributed by atoms with Crippen LogP contribution in [0.4, 0.5) is 13.2 Å². The Morgan fingerprint density at radius 1 is 1.11 bits per heavy atom. The van der Waals surface area contributed by atoms with Gasteiger partial charge in [-0.2, -0.15) is 13.2 Å². The summed E-state index contributed by atoms with van der Waals surface area (Å²) >= 11 is 5.15. The zero-order valence-electron chi connectivity index (χ0n) is 10.3. The van der Waals surface area contributed by atoms with Crippen molar-refractivity contribution in [3.05, 3.63) is 45.9 Å². The van der Waals surface area contributed by atoms with E-state index in [2.05, 4.69) is 9.97 Å². The van der Waals surface area contributed by atoms with Gasteiger partial charge in [0.15, 0.2) is 0 Å². The van der Waals surface area contributed by atoms with Crippen LogP contribution in [-0.2, 0) is 6.18 Å². The molecule has 19 heavy (non-hydrogen) atoms. The summed E-state index contributed by atoms with van der Waals surface area (Å²) in [5.74, 6) is 0. The molecule has 2 rings (SSSR count). The quantitative estimate of drug-likeness (QED) is 0.784. The van der Waals surface area contributed by atoms with Crippen molar-refractivity contribution < 1.29 is 13.2 Å². The molecule has 0 aliphatic heterocycles. The number of hydrogen-bond acceptors (Lipinski definition) is 2. The van der Waals surface area contributed by atoms with Gasteiger partial charge in [-0.05, 0) is 26.0 Å². The number of H-pyrrole nitrogens is 1. The van der Waals surface area contributed by atoms with Crippen LogP contribution in [0, 0.1) is 18.5 Å². The summed E-state index contributed by atoms with van der Waals surface area (Å²) in [4.78, 5) is 7.30. The molecule has 1 N–H and O–H groups in total. The van der Waals surface area contributed by atoms with Gasteiger partial charge in [0.1, 0.15) is 10.3 Å². The van der Waals surface area contributed by atoms with Crippen LogP contribution < -0.4 is 0 Å². The van der Waals surface area contributed by atoms with Crippen LogP contribution in [0.25, 0.3) is 11.3 Å². The summed E-state index contributed by atoms with van der Waals surface area (Å²) in [7, 11) is 0. The van der Waals surface area contributed by atoms with Gasteiger partial charge < -0.3 is 4.98 Å². The molecular weight excluding hydrogens is 273 g/mol. The lowest BCUT2D eigenvalue weighted by atomic mass is 10.1. The maximum atomic E-state index is 12.5. The number of aromatic amines is 1. The second-order valence-electron chi connectivity index (χ2n) is 4.20. The molecule has 0 atom stereocenters. The number of alkyl halides is 3. The van der Waals surface area contributed by atoms with Crippen LogP contribution in [0.1, 0.15) is 17.0 Å². The fourth-order valence-electron chi connectivity index (χ4n) is 1.64. The average molecular weight is 284 g/mol. The lowest BCUT2D eigenvalue weighted by Gasteiger charge is -2.08. The molecule has 6 heteroatoms. The largest absolute Gasteiger partial charge is 0.416 e. The highest BCUT2D eigenvalue weighted by Gasteiger charge is 2.30. The van der Waals surface area contributed by atoms with Gasteiger partial charge in [-0.1, -0.05) is 24.4 Å².